The van der Waals surface area contributed by atoms with Gasteiger partial charge in [-0.25, -0.2) is 13.1 Å². The Balaban J connectivity index is 2.88. The third kappa shape index (κ3) is 4.50. The number of hydrogen-bond donors (Lipinski definition) is 1. The van der Waals surface area contributed by atoms with Crippen molar-refractivity contribution in [2.24, 2.45) is 0 Å². The maximum Gasteiger partial charge on any atom is 0.241 e. The van der Waals surface area contributed by atoms with Crippen molar-refractivity contribution >= 4 is 16.0 Å². The molecule has 1 atom stereocenters. The van der Waals surface area contributed by atoms with Crippen LogP contribution < -0.4 is 14.6 Å². The second-order valence-corrected chi connectivity index (χ2v) is 6.02. The van der Waals surface area contributed by atoms with Gasteiger partial charge in [0.15, 0.2) is 0 Å². The van der Waals surface area contributed by atoms with Gasteiger partial charge in [-0.05, 0) is 30.7 Å². The Kier molecular flexibility index (Phi) is 5.97. The summed E-state index contributed by atoms with van der Waals surface area (Å²) in [7, 11) is -2.42. The molecule has 1 unspecified atom stereocenters. The van der Waals surface area contributed by atoms with Gasteiger partial charge in [-0.3, -0.25) is 0 Å². The average molecular weight is 300 g/mol. The van der Waals surface area contributed by atoms with Crippen LogP contribution in [0.5, 0.6) is 5.75 Å². The molecule has 1 N–H and O–H groups in total. The topological polar surface area (TPSA) is 95.5 Å². The Hall–Kier alpha value is -1.60. The van der Waals surface area contributed by atoms with Gasteiger partial charge in [-0.2, -0.15) is 0 Å². The summed E-state index contributed by atoms with van der Waals surface area (Å²) in [6.07, 6.45) is 1.58. The van der Waals surface area contributed by atoms with Gasteiger partial charge in [0, 0.05) is 0 Å². The summed E-state index contributed by atoms with van der Waals surface area (Å²) in [5.74, 6) is -0.901. The molecule has 0 amide bonds. The fraction of sp³-hybridized carbons (Fsp3) is 0.462. The lowest BCUT2D eigenvalue weighted by atomic mass is 10.1. The minimum atomic E-state index is -3.89. The Morgan fingerprint density at radius 2 is 1.95 bits per heavy atom. The largest absolute Gasteiger partial charge is 0.548 e. The van der Waals surface area contributed by atoms with Crippen LogP contribution in [0.3, 0.4) is 0 Å². The maximum atomic E-state index is 12.1. The van der Waals surface area contributed by atoms with Crippen LogP contribution in [0.15, 0.2) is 29.2 Å². The van der Waals surface area contributed by atoms with Gasteiger partial charge in [0.2, 0.25) is 10.0 Å². The van der Waals surface area contributed by atoms with E-state index in [4.69, 9.17) is 4.74 Å². The van der Waals surface area contributed by atoms with E-state index in [1.54, 1.807) is 0 Å². The number of unbranched alkanes of at least 4 members (excludes halogenated alkanes) is 1. The molecule has 0 radical (unpaired) electrons. The molecule has 6 nitrogen and oxygen atoms in total. The van der Waals surface area contributed by atoms with Crippen LogP contribution in [0.2, 0.25) is 0 Å². The number of benzene rings is 1. The van der Waals surface area contributed by atoms with E-state index >= 15 is 0 Å². The monoisotopic (exact) mass is 300 g/mol. The van der Waals surface area contributed by atoms with Gasteiger partial charge >= 0.3 is 0 Å². The normalized spacial score (nSPS) is 12.9. The highest BCUT2D eigenvalue weighted by molar-refractivity contribution is 7.89. The first kappa shape index (κ1) is 16.5. The highest BCUT2D eigenvalue weighted by atomic mass is 32.2. The number of carboxylic acids is 1. The molecule has 0 aromatic heterocycles. The lowest BCUT2D eigenvalue weighted by Gasteiger charge is -2.19. The van der Waals surface area contributed by atoms with E-state index in [1.165, 1.54) is 31.4 Å². The Morgan fingerprint density at radius 3 is 2.40 bits per heavy atom. The summed E-state index contributed by atoms with van der Waals surface area (Å²) < 4.78 is 31.2. The van der Waals surface area contributed by atoms with Crippen molar-refractivity contribution in [3.8, 4) is 5.75 Å². The van der Waals surface area contributed by atoms with E-state index in [9.17, 15) is 18.3 Å². The van der Waals surface area contributed by atoms with Gasteiger partial charge in [0.1, 0.15) is 5.75 Å². The number of carboxylic acid groups (broad SMARTS) is 1. The van der Waals surface area contributed by atoms with Gasteiger partial charge < -0.3 is 14.6 Å². The SMILES string of the molecule is CCCCC(NS(=O)(=O)c1ccc(OC)cc1)C(=O)[O-]. The minimum Gasteiger partial charge on any atom is -0.548 e. The van der Waals surface area contributed by atoms with E-state index in [2.05, 4.69) is 4.72 Å². The molecule has 7 heteroatoms. The molecule has 0 aliphatic rings. The number of hydrogen-bond acceptors (Lipinski definition) is 5. The van der Waals surface area contributed by atoms with Crippen LogP contribution in [-0.4, -0.2) is 27.5 Å². The van der Waals surface area contributed by atoms with Crippen molar-refractivity contribution in [1.82, 2.24) is 4.72 Å². The summed E-state index contributed by atoms with van der Waals surface area (Å²) in [5.41, 5.74) is 0. The number of sulfonamides is 1. The van der Waals surface area contributed by atoms with E-state index in [-0.39, 0.29) is 11.3 Å². The van der Waals surface area contributed by atoms with E-state index in [0.29, 0.717) is 12.2 Å². The first-order chi connectivity index (χ1) is 9.40. The number of carbonyl (C=O) groups is 1. The molecular weight excluding hydrogens is 282 g/mol. The van der Waals surface area contributed by atoms with Crippen LogP contribution in [0, 0.1) is 0 Å². The summed E-state index contributed by atoms with van der Waals surface area (Å²) >= 11 is 0. The standard InChI is InChI=1S/C13H19NO5S/c1-3-4-5-12(13(15)16)14-20(17,18)11-8-6-10(19-2)7-9-11/h6-9,12,14H,3-5H2,1-2H3,(H,15,16)/p-1. The van der Waals surface area contributed by atoms with Crippen LogP contribution >= 0.6 is 0 Å². The average Bonchev–Trinajstić information content (AvgIpc) is 2.43. The summed E-state index contributed by atoms with van der Waals surface area (Å²) in [6.45, 7) is 1.89. The van der Waals surface area contributed by atoms with Crippen molar-refractivity contribution in [2.75, 3.05) is 7.11 Å². The van der Waals surface area contributed by atoms with E-state index in [0.717, 1.165) is 6.42 Å². The minimum absolute atomic E-state index is 0.0129. The van der Waals surface area contributed by atoms with Crippen molar-refractivity contribution in [3.63, 3.8) is 0 Å². The molecule has 0 saturated carbocycles. The zero-order chi connectivity index (χ0) is 15.2. The first-order valence-electron chi connectivity index (χ1n) is 6.28. The zero-order valence-electron chi connectivity index (χ0n) is 11.5. The maximum absolute atomic E-state index is 12.1. The number of rotatable bonds is 8. The molecule has 20 heavy (non-hydrogen) atoms. The molecule has 1 aromatic carbocycles. The quantitative estimate of drug-likeness (QED) is 0.744. The van der Waals surface area contributed by atoms with Gasteiger partial charge in [-0.1, -0.05) is 19.8 Å². The van der Waals surface area contributed by atoms with E-state index in [1.807, 2.05) is 6.92 Å². The third-order valence-corrected chi connectivity index (χ3v) is 4.29. The van der Waals surface area contributed by atoms with Crippen LogP contribution in [0.1, 0.15) is 26.2 Å². The fourth-order valence-electron chi connectivity index (χ4n) is 1.64. The van der Waals surface area contributed by atoms with Crippen molar-refractivity contribution in [1.29, 1.82) is 0 Å². The Bertz CT molecular complexity index is 538. The summed E-state index contributed by atoms with van der Waals surface area (Å²) in [5, 5.41) is 11.0. The van der Waals surface area contributed by atoms with Crippen molar-refractivity contribution < 1.29 is 23.1 Å². The second-order valence-electron chi connectivity index (χ2n) is 4.31. The van der Waals surface area contributed by atoms with Crippen molar-refractivity contribution in [2.45, 2.75) is 37.1 Å². The lowest BCUT2D eigenvalue weighted by Crippen LogP contribution is -2.47. The number of aliphatic carboxylic acids is 1. The number of methoxy groups -OCH3 is 1. The van der Waals surface area contributed by atoms with Crippen LogP contribution in [0.25, 0.3) is 0 Å². The molecule has 0 saturated heterocycles. The molecule has 0 bridgehead atoms. The molecule has 1 aromatic rings. The Morgan fingerprint density at radius 1 is 1.35 bits per heavy atom. The van der Waals surface area contributed by atoms with E-state index < -0.39 is 22.0 Å². The molecule has 0 spiro atoms. The molecule has 112 valence electrons. The van der Waals surface area contributed by atoms with Gasteiger partial charge in [0.25, 0.3) is 0 Å². The number of carbonyl (C=O) groups excluding carboxylic acids is 1. The number of nitrogens with one attached hydrogen (secondary N) is 1. The van der Waals surface area contributed by atoms with Crippen LogP contribution in [-0.2, 0) is 14.8 Å². The predicted octanol–water partition coefficient (Wildman–Crippen LogP) is 0.282. The molecule has 1 rings (SSSR count). The molecule has 0 fully saturated rings. The molecular formula is C13H18NO5S-. The third-order valence-electron chi connectivity index (χ3n) is 2.80. The smallest absolute Gasteiger partial charge is 0.241 e. The molecule has 0 heterocycles. The highest BCUT2D eigenvalue weighted by Crippen LogP contribution is 2.16. The van der Waals surface area contributed by atoms with Gasteiger partial charge in [-0.15, -0.1) is 0 Å². The van der Waals surface area contributed by atoms with Gasteiger partial charge in [0.05, 0.1) is 24.0 Å². The summed E-state index contributed by atoms with van der Waals surface area (Å²) in [4.78, 5) is 10.9. The molecule has 0 aliphatic carbocycles. The predicted molar refractivity (Wildman–Crippen MR) is 71.6 cm³/mol. The Labute approximate surface area is 118 Å². The van der Waals surface area contributed by atoms with Crippen LogP contribution in [0.4, 0.5) is 0 Å². The first-order valence-corrected chi connectivity index (χ1v) is 7.76. The fourth-order valence-corrected chi connectivity index (χ4v) is 2.86. The molecule has 0 aliphatic heterocycles. The lowest BCUT2D eigenvalue weighted by molar-refractivity contribution is -0.308. The number of ether oxygens (including phenoxy) is 1. The second kappa shape index (κ2) is 7.25. The summed E-state index contributed by atoms with van der Waals surface area (Å²) in [6, 6.07) is 4.48. The highest BCUT2D eigenvalue weighted by Gasteiger charge is 2.20. The zero-order valence-corrected chi connectivity index (χ0v) is 12.3. The van der Waals surface area contributed by atoms with Crippen molar-refractivity contribution in [3.05, 3.63) is 24.3 Å².